The number of esters is 1. The second kappa shape index (κ2) is 14.9. The van der Waals surface area contributed by atoms with Gasteiger partial charge >= 0.3 is 5.97 Å². The Bertz CT molecular complexity index is 909. The van der Waals surface area contributed by atoms with Crippen LogP contribution in [0.5, 0.6) is 11.5 Å². The Kier molecular flexibility index (Phi) is 11.9. The Balaban J connectivity index is 2.22. The molecule has 0 radical (unpaired) electrons. The van der Waals surface area contributed by atoms with Crippen LogP contribution in [0.3, 0.4) is 0 Å². The average Bonchev–Trinajstić information content (AvgIpc) is 2.85. The number of rotatable bonds is 16. The van der Waals surface area contributed by atoms with E-state index in [4.69, 9.17) is 23.7 Å². The maximum atomic E-state index is 13.3. The number of hydrogen-bond acceptors (Lipinski definition) is 6. The van der Waals surface area contributed by atoms with Crippen LogP contribution in [-0.4, -0.2) is 39.2 Å². The molecule has 0 bridgehead atoms. The molecule has 2 atom stereocenters. The first-order valence-corrected chi connectivity index (χ1v) is 11.4. The summed E-state index contributed by atoms with van der Waals surface area (Å²) >= 11 is 0. The zero-order chi connectivity index (χ0) is 24.8. The van der Waals surface area contributed by atoms with Gasteiger partial charge in [-0.05, 0) is 49.8 Å². The number of unbranched alkanes of at least 4 members (excludes halogenated alkanes) is 1. The molecule has 2 rings (SSSR count). The minimum Gasteiger partial charge on any atom is -0.496 e. The summed E-state index contributed by atoms with van der Waals surface area (Å²) in [6.07, 6.45) is 5.64. The lowest BCUT2D eigenvalue weighted by Gasteiger charge is -2.25. The highest BCUT2D eigenvalue weighted by Gasteiger charge is 2.26. The summed E-state index contributed by atoms with van der Waals surface area (Å²) in [5, 5.41) is 0. The van der Waals surface area contributed by atoms with Gasteiger partial charge in [-0.2, -0.15) is 0 Å². The van der Waals surface area contributed by atoms with Gasteiger partial charge in [0.15, 0.2) is 6.79 Å². The third-order valence-corrected chi connectivity index (χ3v) is 5.30. The molecule has 0 saturated carbocycles. The summed E-state index contributed by atoms with van der Waals surface area (Å²) in [6, 6.07) is 13.4. The van der Waals surface area contributed by atoms with E-state index in [2.05, 4.69) is 13.2 Å². The van der Waals surface area contributed by atoms with Crippen LogP contribution in [0.4, 0.5) is 0 Å². The quantitative estimate of drug-likeness (QED) is 0.132. The highest BCUT2D eigenvalue weighted by molar-refractivity contribution is 5.94. The molecular weight excluding hydrogens is 432 g/mol. The van der Waals surface area contributed by atoms with Crippen molar-refractivity contribution < 1.29 is 28.5 Å². The van der Waals surface area contributed by atoms with Gasteiger partial charge in [-0.15, -0.1) is 13.2 Å². The van der Waals surface area contributed by atoms with E-state index in [1.165, 1.54) is 7.11 Å². The average molecular weight is 469 g/mol. The van der Waals surface area contributed by atoms with Gasteiger partial charge in [-0.1, -0.05) is 42.5 Å². The number of carbonyl (C=O) groups is 1. The maximum Gasteiger partial charge on any atom is 0.342 e. The zero-order valence-electron chi connectivity index (χ0n) is 20.5. The molecule has 0 aliphatic heterocycles. The minimum absolute atomic E-state index is 0.0953. The lowest BCUT2D eigenvalue weighted by atomic mass is 10.00. The highest BCUT2D eigenvalue weighted by atomic mass is 16.7. The Morgan fingerprint density at radius 2 is 1.85 bits per heavy atom. The highest BCUT2D eigenvalue weighted by Crippen LogP contribution is 2.31. The molecule has 0 saturated heterocycles. The van der Waals surface area contributed by atoms with E-state index in [1.54, 1.807) is 19.3 Å². The second-order valence-corrected chi connectivity index (χ2v) is 7.86. The minimum atomic E-state index is -0.496. The predicted octanol–water partition coefficient (Wildman–Crippen LogP) is 5.89. The summed E-state index contributed by atoms with van der Waals surface area (Å²) in [7, 11) is 3.07. The molecule has 0 unspecified atom stereocenters. The normalized spacial score (nSPS) is 12.4. The van der Waals surface area contributed by atoms with Crippen molar-refractivity contribution in [3.05, 3.63) is 84.5 Å². The second-order valence-electron chi connectivity index (χ2n) is 7.86. The number of benzene rings is 2. The van der Waals surface area contributed by atoms with Crippen molar-refractivity contribution in [2.24, 2.45) is 0 Å². The van der Waals surface area contributed by atoms with Crippen LogP contribution in [0, 0.1) is 0 Å². The molecule has 0 fully saturated rings. The van der Waals surface area contributed by atoms with Gasteiger partial charge < -0.3 is 23.7 Å². The first-order valence-electron chi connectivity index (χ1n) is 11.4. The van der Waals surface area contributed by atoms with Crippen LogP contribution in [0.2, 0.25) is 0 Å². The lowest BCUT2D eigenvalue weighted by molar-refractivity contribution is -0.0511. The van der Waals surface area contributed by atoms with Crippen LogP contribution >= 0.6 is 0 Å². The molecular formula is C28H36O6. The van der Waals surface area contributed by atoms with Crippen LogP contribution in [0.1, 0.15) is 47.7 Å². The van der Waals surface area contributed by atoms with E-state index in [9.17, 15) is 4.79 Å². The van der Waals surface area contributed by atoms with Gasteiger partial charge in [0.25, 0.3) is 0 Å². The van der Waals surface area contributed by atoms with Gasteiger partial charge in [0.05, 0.1) is 19.8 Å². The Labute approximate surface area is 203 Å². The van der Waals surface area contributed by atoms with Crippen molar-refractivity contribution in [3.63, 3.8) is 0 Å². The van der Waals surface area contributed by atoms with Crippen molar-refractivity contribution in [2.45, 2.75) is 51.4 Å². The smallest absolute Gasteiger partial charge is 0.342 e. The first-order chi connectivity index (χ1) is 16.5. The SMILES string of the molecule is C=CCCCc1cc(OCOC)cc(OC)c1C(=O)O[C@H](C)[C@H](CC=C)OCc1ccccc1. The third kappa shape index (κ3) is 8.36. The number of carbonyl (C=O) groups excluding carboxylic acids is 1. The van der Waals surface area contributed by atoms with Gasteiger partial charge in [0.2, 0.25) is 0 Å². The molecule has 0 spiro atoms. The van der Waals surface area contributed by atoms with Gasteiger partial charge in [0.1, 0.15) is 23.2 Å². The standard InChI is InChI=1S/C28H36O6/c1-6-8-10-16-23-17-24(33-20-30-4)18-26(31-5)27(23)28(29)34-21(3)25(13-7-2)32-19-22-14-11-9-12-15-22/h6-7,9,11-12,14-15,17-18,21,25H,1-2,8,10,13,16,19-20H2,3-5H3/t21-,25+/m1/s1. The molecule has 0 aliphatic carbocycles. The monoisotopic (exact) mass is 468 g/mol. The molecule has 184 valence electrons. The summed E-state index contributed by atoms with van der Waals surface area (Å²) in [4.78, 5) is 13.3. The topological polar surface area (TPSA) is 63.2 Å². The van der Waals surface area contributed by atoms with Crippen molar-refractivity contribution in [3.8, 4) is 11.5 Å². The molecule has 0 amide bonds. The number of hydrogen-bond donors (Lipinski definition) is 0. The molecule has 0 aliphatic rings. The van der Waals surface area contributed by atoms with Gasteiger partial charge in [0, 0.05) is 13.2 Å². The Morgan fingerprint density at radius 3 is 2.50 bits per heavy atom. The molecule has 6 heteroatoms. The van der Waals surface area contributed by atoms with E-state index < -0.39 is 12.1 Å². The maximum absolute atomic E-state index is 13.3. The first kappa shape index (κ1) is 27.2. The van der Waals surface area contributed by atoms with E-state index in [0.717, 1.165) is 24.0 Å². The number of aryl methyl sites for hydroxylation is 1. The summed E-state index contributed by atoms with van der Waals surface area (Å²) in [5.41, 5.74) is 2.23. The lowest BCUT2D eigenvalue weighted by Crippen LogP contribution is -2.31. The number of methoxy groups -OCH3 is 2. The van der Waals surface area contributed by atoms with E-state index in [0.29, 0.717) is 36.5 Å². The summed E-state index contributed by atoms with van der Waals surface area (Å²) in [5.74, 6) is 0.492. The predicted molar refractivity (Wildman–Crippen MR) is 133 cm³/mol. The van der Waals surface area contributed by atoms with Crippen LogP contribution < -0.4 is 9.47 Å². The van der Waals surface area contributed by atoms with Crippen molar-refractivity contribution in [1.82, 2.24) is 0 Å². The molecule has 0 aromatic heterocycles. The van der Waals surface area contributed by atoms with Gasteiger partial charge in [-0.25, -0.2) is 4.79 Å². The molecule has 0 N–H and O–H groups in total. The summed E-state index contributed by atoms with van der Waals surface area (Å²) in [6.45, 7) is 9.94. The molecule has 0 heterocycles. The fourth-order valence-electron chi connectivity index (χ4n) is 3.52. The van der Waals surface area contributed by atoms with Crippen molar-refractivity contribution in [2.75, 3.05) is 21.0 Å². The fraction of sp³-hybridized carbons (Fsp3) is 0.393. The Hall–Kier alpha value is -3.09. The molecule has 2 aromatic rings. The zero-order valence-corrected chi connectivity index (χ0v) is 20.5. The third-order valence-electron chi connectivity index (χ3n) is 5.30. The van der Waals surface area contributed by atoms with Crippen LogP contribution in [0.15, 0.2) is 67.8 Å². The van der Waals surface area contributed by atoms with Crippen LogP contribution in [-0.2, 0) is 27.2 Å². The largest absolute Gasteiger partial charge is 0.496 e. The van der Waals surface area contributed by atoms with Crippen molar-refractivity contribution in [1.29, 1.82) is 0 Å². The molecule has 6 nitrogen and oxygen atoms in total. The Morgan fingerprint density at radius 1 is 1.09 bits per heavy atom. The number of allylic oxidation sites excluding steroid dienone is 1. The van der Waals surface area contributed by atoms with Gasteiger partial charge in [-0.3, -0.25) is 0 Å². The van der Waals surface area contributed by atoms with E-state index >= 15 is 0 Å². The van der Waals surface area contributed by atoms with E-state index in [1.807, 2.05) is 49.4 Å². The molecule has 34 heavy (non-hydrogen) atoms. The summed E-state index contributed by atoms with van der Waals surface area (Å²) < 4.78 is 28.1. The fourth-order valence-corrected chi connectivity index (χ4v) is 3.52. The number of ether oxygens (including phenoxy) is 5. The van der Waals surface area contributed by atoms with Crippen molar-refractivity contribution >= 4 is 5.97 Å². The molecule has 2 aromatic carbocycles. The van der Waals surface area contributed by atoms with Crippen LogP contribution in [0.25, 0.3) is 0 Å². The van der Waals surface area contributed by atoms with E-state index in [-0.39, 0.29) is 12.9 Å².